The average molecular weight is 828 g/mol. The zero-order valence-electron chi connectivity index (χ0n) is 31.8. The topological polar surface area (TPSA) is 281 Å². The zero-order valence-corrected chi connectivity index (χ0v) is 38.8. The number of carbonyl (C=O) groups excluding carboxylic acids is 2. The van der Waals surface area contributed by atoms with Gasteiger partial charge in [0.2, 0.25) is 5.91 Å². The van der Waals surface area contributed by atoms with Gasteiger partial charge >= 0.3 is 65.1 Å². The second-order valence-corrected chi connectivity index (χ2v) is 9.01. The fraction of sp³-hybridized carbons (Fsp3) is 0.682. The molecule has 0 aliphatic carbocycles. The maximum atomic E-state index is 10.9. The van der Waals surface area contributed by atoms with Gasteiger partial charge in [-0.15, -0.1) is 21.8 Å². The molecule has 0 bridgehead atoms. The van der Waals surface area contributed by atoms with Crippen LogP contribution in [0.2, 0.25) is 0 Å². The van der Waals surface area contributed by atoms with Crippen LogP contribution in [0.15, 0.2) is 15.6 Å². The molecule has 279 valence electrons. The SMILES string of the molecule is CC(=O)[O-].CCN.CCN=C1SCC(=O)N1C.CCNC(=S)NC.CNC(=S)N(C)N=O.CNC(=S)NC.O=C(O)CCl.O=N[O-].[2H][B][B].[Na+].[Na+]. The fourth-order valence-electron chi connectivity index (χ4n) is 1.29. The molecule has 1 fully saturated rings. The minimum atomic E-state index is -1.08. The minimum absolute atomic E-state index is 0. The quantitative estimate of drug-likeness (QED) is 0.0456. The number of nitroso groups, excluding NO2 is 1. The maximum absolute atomic E-state index is 10.9. The molecule has 1 aliphatic rings. The number of hydrogen-bond donors (Lipinski definition) is 7. The number of nitrogens with one attached hydrogen (secondary N) is 5. The van der Waals surface area contributed by atoms with Gasteiger partial charge in [-0.3, -0.25) is 19.5 Å². The number of aliphatic carboxylic acids is 2. The van der Waals surface area contributed by atoms with E-state index in [0.717, 1.165) is 49.8 Å². The Morgan fingerprint density at radius 2 is 1.46 bits per heavy atom. The van der Waals surface area contributed by atoms with Crippen LogP contribution in [0, 0.1) is 15.0 Å². The van der Waals surface area contributed by atoms with Crippen molar-refractivity contribution in [1.29, 1.82) is 1.34 Å². The number of halogens is 1. The van der Waals surface area contributed by atoms with Gasteiger partial charge in [0.15, 0.2) is 20.5 Å². The molecular weight excluding hydrogens is 778 g/mol. The molecule has 1 amide bonds. The van der Waals surface area contributed by atoms with Crippen molar-refractivity contribution in [3.63, 3.8) is 0 Å². The normalized spacial score (nSPS) is 9.84. The van der Waals surface area contributed by atoms with Gasteiger partial charge in [-0.25, -0.2) is 5.01 Å². The van der Waals surface area contributed by atoms with Crippen LogP contribution in [0.5, 0.6) is 0 Å². The van der Waals surface area contributed by atoms with E-state index in [2.05, 4.69) is 69.0 Å². The molecule has 0 spiro atoms. The zero-order chi connectivity index (χ0) is 40.8. The first-order chi connectivity index (χ1) is 22.8. The van der Waals surface area contributed by atoms with Crippen LogP contribution >= 0.6 is 60.0 Å². The monoisotopic (exact) mass is 827 g/mol. The third-order valence-electron chi connectivity index (χ3n) is 3.04. The molecule has 0 saturated carbocycles. The van der Waals surface area contributed by atoms with E-state index in [0.29, 0.717) is 21.1 Å². The van der Waals surface area contributed by atoms with Gasteiger partial charge in [-0.1, -0.05) is 18.7 Å². The number of nitrogens with two attached hydrogens (primary N) is 1. The molecule has 19 nitrogen and oxygen atoms in total. The molecule has 0 unspecified atom stereocenters. The van der Waals surface area contributed by atoms with Crippen molar-refractivity contribution in [2.24, 2.45) is 21.4 Å². The van der Waals surface area contributed by atoms with Crippen LogP contribution < -0.4 is 96.5 Å². The Kier molecular flexibility index (Phi) is 93.2. The molecule has 8 N–H and O–H groups in total. The molecular formula is C22H49B2ClN11Na2O8S4. The third kappa shape index (κ3) is 86.0. The molecule has 1 rings (SSSR count). The first-order valence-corrected chi connectivity index (χ1v) is 15.7. The number of nitrogens with zero attached hydrogens (tertiary/aromatic N) is 5. The van der Waals surface area contributed by atoms with Crippen LogP contribution in [0.25, 0.3) is 0 Å². The largest absolute Gasteiger partial charge is 1.00 e. The smallest absolute Gasteiger partial charge is 0.550 e. The molecule has 0 atom stereocenters. The molecule has 28 heteroatoms. The van der Waals surface area contributed by atoms with Crippen LogP contribution in [-0.2, 0) is 14.4 Å². The summed E-state index contributed by atoms with van der Waals surface area (Å²) in [7, 11) is 15.4. The van der Waals surface area contributed by atoms with Gasteiger partial charge in [0.1, 0.15) is 5.88 Å². The summed E-state index contributed by atoms with van der Waals surface area (Å²) in [6, 6.07) is 0. The Labute approximate surface area is 369 Å². The molecule has 0 aromatic carbocycles. The summed E-state index contributed by atoms with van der Waals surface area (Å²) >= 11 is 20.2. The molecule has 50 heavy (non-hydrogen) atoms. The first-order valence-electron chi connectivity index (χ1n) is 13.5. The second-order valence-electron chi connectivity index (χ2n) is 6.60. The fourth-order valence-corrected chi connectivity index (χ4v) is 2.43. The predicted molar refractivity (Wildman–Crippen MR) is 210 cm³/mol. The van der Waals surface area contributed by atoms with Crippen LogP contribution in [0.1, 0.15) is 27.7 Å². The van der Waals surface area contributed by atoms with Crippen LogP contribution in [-0.4, -0.2) is 144 Å². The molecule has 1 heterocycles. The summed E-state index contributed by atoms with van der Waals surface area (Å²) in [4.78, 5) is 52.4. The van der Waals surface area contributed by atoms with E-state index in [-0.39, 0.29) is 70.9 Å². The number of amides is 1. The Bertz CT molecular complexity index is 899. The Balaban J connectivity index is -0.0000000477. The van der Waals surface area contributed by atoms with E-state index in [9.17, 15) is 14.5 Å². The number of amidine groups is 1. The molecule has 1 aliphatic heterocycles. The maximum Gasteiger partial charge on any atom is 1.00 e. The Morgan fingerprint density at radius 1 is 1.12 bits per heavy atom. The molecule has 0 aromatic heterocycles. The average Bonchev–Trinajstić information content (AvgIpc) is 3.38. The number of thioether (sulfide) groups is 1. The van der Waals surface area contributed by atoms with E-state index >= 15 is 0 Å². The summed E-state index contributed by atoms with van der Waals surface area (Å²) in [6.07, 6.45) is 0. The molecule has 0 aromatic rings. The van der Waals surface area contributed by atoms with E-state index in [4.69, 9.17) is 56.0 Å². The van der Waals surface area contributed by atoms with Crippen molar-refractivity contribution in [1.82, 2.24) is 36.5 Å². The van der Waals surface area contributed by atoms with Gasteiger partial charge in [0.25, 0.3) is 0 Å². The van der Waals surface area contributed by atoms with E-state index in [1.807, 2.05) is 20.8 Å². The van der Waals surface area contributed by atoms with Gasteiger partial charge in [-0.05, 0) is 65.3 Å². The van der Waals surface area contributed by atoms with Crippen LogP contribution in [0.3, 0.4) is 0 Å². The summed E-state index contributed by atoms with van der Waals surface area (Å²) in [5.41, 5.74) is 4.85. The number of hydrogen-bond acceptors (Lipinski definition) is 15. The Morgan fingerprint density at radius 3 is 1.58 bits per heavy atom. The summed E-state index contributed by atoms with van der Waals surface area (Å²) < 4.78 is 5.86. The Hall–Kier alpha value is -1.12. The van der Waals surface area contributed by atoms with Crippen molar-refractivity contribution in [3.8, 4) is 0 Å². The number of carboxylic acids is 2. The first kappa shape index (κ1) is 70.5. The second kappa shape index (κ2) is 66.2. The summed E-state index contributed by atoms with van der Waals surface area (Å²) in [6.45, 7) is 9.23. The van der Waals surface area contributed by atoms with Crippen LogP contribution in [0.4, 0.5) is 0 Å². The predicted octanol–water partition coefficient (Wildman–Crippen LogP) is -7.26. The number of carbonyl (C=O) groups is 3. The standard InChI is InChI=1S/C6H10N2OS.C4H10N2S.C3H7N3OS.C3H8N2S.C2H3ClO2.C2H7N.C2H4O2.B2H.HNO2.2Na/c1-3-7-6-8(2)5(9)4-10-6;1-3-6-4(7)5-2;1-4-3(8)6(2)5-7;1-4-3(6)5-2;3-1-2(4)5;1-2-3;1-2(3)4;1-2;2-1-3;;/h3-4H2,1-2H3;3H2,1-2H3,(H2,5,6,7);1-2H3,(H,4,8);1-2H3,(H2,4,5,6);1H2,(H,4,5);2-3H2,1H3;1H3,(H,3,4);1H;(H,2,3);;/q;;;;;;;;;2*+1/p-2/i;;;;;;;1D;;;. The van der Waals surface area contributed by atoms with E-state index in [1.54, 1.807) is 40.1 Å². The van der Waals surface area contributed by atoms with Gasteiger partial charge in [0.05, 0.1) is 11.0 Å². The number of thiocarbonyl (C=S) groups is 3. The van der Waals surface area contributed by atoms with Crippen molar-refractivity contribution in [3.05, 3.63) is 15.0 Å². The summed E-state index contributed by atoms with van der Waals surface area (Å²) in [5, 5.41) is 45.4. The van der Waals surface area contributed by atoms with Crippen molar-refractivity contribution in [2.45, 2.75) is 27.7 Å². The van der Waals surface area contributed by atoms with Gasteiger partial charge in [-0.2, -0.15) is 0 Å². The van der Waals surface area contributed by atoms with Gasteiger partial charge < -0.3 is 57.4 Å². The summed E-state index contributed by atoms with van der Waals surface area (Å²) in [5.74, 6) is -1.67. The number of alkyl halides is 1. The van der Waals surface area contributed by atoms with E-state index < -0.39 is 11.9 Å². The third-order valence-corrected chi connectivity index (χ3v) is 5.55. The molecule has 1 saturated heterocycles. The minimum Gasteiger partial charge on any atom is -0.550 e. The number of rotatable bonds is 4. The van der Waals surface area contributed by atoms with Gasteiger partial charge in [0, 0.05) is 76.8 Å². The number of aliphatic imine (C=N–C) groups is 1. The van der Waals surface area contributed by atoms with Crippen molar-refractivity contribution < 1.29 is 83.7 Å². The van der Waals surface area contributed by atoms with Crippen molar-refractivity contribution in [2.75, 3.05) is 73.6 Å². The number of carboxylic acid groups (broad SMARTS) is 2. The van der Waals surface area contributed by atoms with E-state index in [1.165, 1.54) is 18.8 Å². The molecule has 3 radical (unpaired) electrons. The van der Waals surface area contributed by atoms with Crippen molar-refractivity contribution >= 4 is 114 Å².